The van der Waals surface area contributed by atoms with E-state index >= 15 is 0 Å². The van der Waals surface area contributed by atoms with Crippen molar-refractivity contribution in [3.8, 4) is 0 Å². The molecule has 304 valence electrons. The van der Waals surface area contributed by atoms with Crippen LogP contribution < -0.4 is 5.32 Å². The summed E-state index contributed by atoms with van der Waals surface area (Å²) >= 11 is 3.18. The summed E-state index contributed by atoms with van der Waals surface area (Å²) in [6.07, 6.45) is 7.72. The lowest BCUT2D eigenvalue weighted by molar-refractivity contribution is 0.0140. The number of likely N-dealkylation sites (tertiary alicyclic amines) is 2. The molecule has 1 N–H and O–H groups in total. The highest BCUT2D eigenvalue weighted by Crippen LogP contribution is 2.20. The molecule has 0 atom stereocenters. The van der Waals surface area contributed by atoms with E-state index in [2.05, 4.69) is 42.7 Å². The van der Waals surface area contributed by atoms with Gasteiger partial charge in [-0.25, -0.2) is 9.59 Å². The van der Waals surface area contributed by atoms with Crippen LogP contribution in [0.2, 0.25) is 0 Å². The fourth-order valence-corrected chi connectivity index (χ4v) is 6.15. The average Bonchev–Trinajstić information content (AvgIpc) is 3.09. The van der Waals surface area contributed by atoms with Gasteiger partial charge < -0.3 is 48.6 Å². The Morgan fingerprint density at radius 3 is 1.35 bits per heavy atom. The highest BCUT2D eigenvalue weighted by atomic mass is 79.9. The number of nitrogens with one attached hydrogen (secondary N) is 1. The number of hydrogen-bond acceptors (Lipinski definition) is 10. The van der Waals surface area contributed by atoms with Gasteiger partial charge in [0.05, 0.1) is 19.8 Å². The van der Waals surface area contributed by atoms with Gasteiger partial charge in [0.25, 0.3) is 0 Å². The Labute approximate surface area is 321 Å². The lowest BCUT2D eigenvalue weighted by atomic mass is 9.94. The number of rotatable bonds is 11. The first-order valence-electron chi connectivity index (χ1n) is 19.1. The zero-order valence-electron chi connectivity index (χ0n) is 34.7. The third kappa shape index (κ3) is 25.4. The number of carbonyl (C=O) groups excluding carboxylic acids is 2. The molecule has 3 saturated heterocycles. The number of nitrogens with zero attached hydrogens (tertiary/aromatic N) is 4. The summed E-state index contributed by atoms with van der Waals surface area (Å²) in [6, 6.07) is 0.606. The maximum absolute atomic E-state index is 12.0. The normalized spacial score (nSPS) is 18.2. The van der Waals surface area contributed by atoms with Gasteiger partial charge in [-0.3, -0.25) is 0 Å². The van der Waals surface area contributed by atoms with Crippen molar-refractivity contribution in [3.05, 3.63) is 0 Å². The third-order valence-corrected chi connectivity index (χ3v) is 9.44. The Balaban J connectivity index is 0.000000703. The number of carbonyl (C=O) groups is 2. The van der Waals surface area contributed by atoms with Crippen molar-refractivity contribution in [2.75, 3.05) is 113 Å². The van der Waals surface area contributed by atoms with Crippen LogP contribution in [0.15, 0.2) is 0 Å². The average molecular weight is 797 g/mol. The number of methoxy groups -OCH3 is 3. The van der Waals surface area contributed by atoms with Gasteiger partial charge >= 0.3 is 12.2 Å². The van der Waals surface area contributed by atoms with E-state index in [1.165, 1.54) is 32.4 Å². The third-order valence-electron chi connectivity index (χ3n) is 9.11. The van der Waals surface area contributed by atoms with Crippen molar-refractivity contribution in [1.29, 1.82) is 0 Å². The van der Waals surface area contributed by atoms with Crippen LogP contribution in [-0.2, 0) is 23.7 Å². The molecule has 3 fully saturated rings. The number of amides is 2. The summed E-state index contributed by atoms with van der Waals surface area (Å²) in [4.78, 5) is 32.1. The molecular formula is C38H78BrN5O7. The molecule has 3 aliphatic heterocycles. The van der Waals surface area contributed by atoms with E-state index < -0.39 is 11.2 Å². The molecule has 13 heteroatoms. The monoisotopic (exact) mass is 796 g/mol. The lowest BCUT2D eigenvalue weighted by Gasteiger charge is -2.37. The van der Waals surface area contributed by atoms with Crippen molar-refractivity contribution in [3.63, 3.8) is 0 Å². The van der Waals surface area contributed by atoms with Gasteiger partial charge in [-0.2, -0.15) is 0 Å². The van der Waals surface area contributed by atoms with Crippen LogP contribution in [0, 0.1) is 5.92 Å². The number of alkyl halides is 1. The Kier molecular flexibility index (Phi) is 27.6. The molecular weight excluding hydrogens is 718 g/mol. The molecule has 0 aliphatic carbocycles. The second-order valence-electron chi connectivity index (χ2n) is 15.6. The standard InChI is InChI=1S/C14H28N2O3.C11H22N2O2.C10H21NO.C3H7BrO/c1-14(2,3)19-13(17)15(4)12-6-8-16(9-7-12)10-11-18-5;1-11(2,3)15-10(14)13(4)9-5-7-12-8-6-9;1-3-10-4-6-11(7-5-10)8-9-12-2;1-5-3-2-4/h12H,6-11H2,1-5H3;9,12H,5-8H2,1-4H3;10H,3-9H2,1-2H3;2-3H2,1H3. The summed E-state index contributed by atoms with van der Waals surface area (Å²) in [5.74, 6) is 0.990. The van der Waals surface area contributed by atoms with Crippen LogP contribution >= 0.6 is 15.9 Å². The SMILES string of the molecule is CCC1CCN(CCOC)CC1.CN(C(=O)OC(C)(C)C)C1CCNCC1.COCCBr.COCCN1CCC(N(C)C(=O)OC(C)(C)C)CC1. The quantitative estimate of drug-likeness (QED) is 0.238. The Morgan fingerprint density at radius 2 is 1.04 bits per heavy atom. The maximum atomic E-state index is 12.0. The van der Waals surface area contributed by atoms with E-state index in [9.17, 15) is 9.59 Å². The van der Waals surface area contributed by atoms with E-state index in [0.717, 1.165) is 96.0 Å². The van der Waals surface area contributed by atoms with E-state index in [1.54, 1.807) is 31.1 Å². The number of ether oxygens (including phenoxy) is 5. The van der Waals surface area contributed by atoms with Gasteiger partial charge in [0, 0.05) is 79.0 Å². The highest BCUT2D eigenvalue weighted by molar-refractivity contribution is 9.09. The zero-order chi connectivity index (χ0) is 38.9. The van der Waals surface area contributed by atoms with Crippen LogP contribution in [0.25, 0.3) is 0 Å². The Hall–Kier alpha value is -1.22. The van der Waals surface area contributed by atoms with Gasteiger partial charge in [-0.1, -0.05) is 29.3 Å². The number of piperidine rings is 3. The molecule has 51 heavy (non-hydrogen) atoms. The van der Waals surface area contributed by atoms with Gasteiger partial charge in [0.15, 0.2) is 0 Å². The van der Waals surface area contributed by atoms with Crippen molar-refractivity contribution in [1.82, 2.24) is 24.9 Å². The minimum atomic E-state index is -0.426. The summed E-state index contributed by atoms with van der Waals surface area (Å²) in [6.45, 7) is 24.8. The van der Waals surface area contributed by atoms with Crippen LogP contribution in [0.5, 0.6) is 0 Å². The molecule has 0 radical (unpaired) electrons. The molecule has 3 aliphatic rings. The Morgan fingerprint density at radius 1 is 0.667 bits per heavy atom. The molecule has 3 rings (SSSR count). The minimum Gasteiger partial charge on any atom is -0.444 e. The summed E-state index contributed by atoms with van der Waals surface area (Å²) < 4.78 is 25.5. The van der Waals surface area contributed by atoms with Gasteiger partial charge in [-0.15, -0.1) is 0 Å². The molecule has 3 heterocycles. The molecule has 2 amide bonds. The summed E-state index contributed by atoms with van der Waals surface area (Å²) in [7, 11) is 8.84. The predicted octanol–water partition coefficient (Wildman–Crippen LogP) is 6.35. The molecule has 0 aromatic carbocycles. The smallest absolute Gasteiger partial charge is 0.410 e. The molecule has 0 aromatic heterocycles. The second-order valence-corrected chi connectivity index (χ2v) is 16.4. The fraction of sp³-hybridized carbons (Fsp3) is 0.947. The first-order valence-corrected chi connectivity index (χ1v) is 20.2. The summed E-state index contributed by atoms with van der Waals surface area (Å²) in [5.41, 5.74) is -0.831. The fourth-order valence-electron chi connectivity index (χ4n) is 5.83. The highest BCUT2D eigenvalue weighted by Gasteiger charge is 2.29. The van der Waals surface area contributed by atoms with Gasteiger partial charge in [0.1, 0.15) is 11.2 Å². The topological polar surface area (TPSA) is 105 Å². The molecule has 12 nitrogen and oxygen atoms in total. The van der Waals surface area contributed by atoms with Crippen molar-refractivity contribution < 1.29 is 33.3 Å². The van der Waals surface area contributed by atoms with Gasteiger partial charge in [-0.05, 0) is 112 Å². The zero-order valence-corrected chi connectivity index (χ0v) is 36.3. The van der Waals surface area contributed by atoms with Gasteiger partial charge in [0.2, 0.25) is 0 Å². The number of halogens is 1. The van der Waals surface area contributed by atoms with Crippen LogP contribution in [-0.4, -0.2) is 168 Å². The molecule has 0 bridgehead atoms. The van der Waals surface area contributed by atoms with Crippen molar-refractivity contribution in [2.45, 2.75) is 117 Å². The Bertz CT molecular complexity index is 866. The molecule has 0 aromatic rings. The predicted molar refractivity (Wildman–Crippen MR) is 212 cm³/mol. The van der Waals surface area contributed by atoms with E-state index in [1.807, 2.05) is 55.6 Å². The second kappa shape index (κ2) is 28.3. The van der Waals surface area contributed by atoms with Crippen molar-refractivity contribution >= 4 is 28.1 Å². The maximum Gasteiger partial charge on any atom is 0.410 e. The van der Waals surface area contributed by atoms with Crippen LogP contribution in [0.4, 0.5) is 9.59 Å². The van der Waals surface area contributed by atoms with Crippen molar-refractivity contribution in [2.24, 2.45) is 5.92 Å². The van der Waals surface area contributed by atoms with E-state index in [0.29, 0.717) is 6.04 Å². The first kappa shape index (κ1) is 49.8. The first-order chi connectivity index (χ1) is 24.0. The summed E-state index contributed by atoms with van der Waals surface area (Å²) in [5, 5.41) is 4.21. The van der Waals surface area contributed by atoms with Crippen LogP contribution in [0.3, 0.4) is 0 Å². The number of hydrogen-bond donors (Lipinski definition) is 1. The van der Waals surface area contributed by atoms with E-state index in [4.69, 9.17) is 18.9 Å². The van der Waals surface area contributed by atoms with Crippen LogP contribution in [0.1, 0.15) is 93.4 Å². The molecule has 0 saturated carbocycles. The minimum absolute atomic E-state index is 0.214. The molecule has 0 spiro atoms. The lowest BCUT2D eigenvalue weighted by Crippen LogP contribution is -2.47. The molecule has 0 unspecified atom stereocenters. The van der Waals surface area contributed by atoms with E-state index in [-0.39, 0.29) is 18.2 Å². The largest absolute Gasteiger partial charge is 0.444 e.